The molecule has 0 aliphatic carbocycles. The van der Waals surface area contributed by atoms with Crippen molar-refractivity contribution in [3.05, 3.63) is 107 Å². The number of hydrogen-bond acceptors (Lipinski definition) is 2. The summed E-state index contributed by atoms with van der Waals surface area (Å²) >= 11 is 1.78. The summed E-state index contributed by atoms with van der Waals surface area (Å²) in [5.74, 6) is 0. The second-order valence-corrected chi connectivity index (χ2v) is 6.80. The van der Waals surface area contributed by atoms with Gasteiger partial charge in [-0.15, -0.1) is 11.3 Å². The van der Waals surface area contributed by atoms with Crippen molar-refractivity contribution in [3.63, 3.8) is 0 Å². The lowest BCUT2D eigenvalue weighted by atomic mass is 9.99. The van der Waals surface area contributed by atoms with Gasteiger partial charge in [0.15, 0.2) is 0 Å². The molecule has 0 radical (unpaired) electrons. The number of hydrogen-bond donors (Lipinski definition) is 0. The molecule has 0 atom stereocenters. The summed E-state index contributed by atoms with van der Waals surface area (Å²) in [6.45, 7) is 0. The summed E-state index contributed by atoms with van der Waals surface area (Å²) in [6.07, 6.45) is 2.01. The molecule has 0 spiro atoms. The molecule has 0 N–H and O–H groups in total. The molecule has 0 amide bonds. The molecular weight excluding hydrogens is 310 g/mol. The first-order valence-corrected chi connectivity index (χ1v) is 8.83. The fourth-order valence-corrected chi connectivity index (χ4v) is 3.79. The molecule has 0 saturated heterocycles. The Labute approximate surface area is 145 Å². The topological polar surface area (TPSA) is 12.4 Å². The van der Waals surface area contributed by atoms with E-state index in [0.29, 0.717) is 0 Å². The lowest BCUT2D eigenvalue weighted by Gasteiger charge is -2.13. The zero-order valence-electron chi connectivity index (χ0n) is 13.2. The number of aliphatic imine (C=N–C) groups is 1. The monoisotopic (exact) mass is 327 g/mol. The minimum Gasteiger partial charge on any atom is -0.279 e. The second kappa shape index (κ2) is 6.81. The molecule has 2 heteroatoms. The van der Waals surface area contributed by atoms with Crippen molar-refractivity contribution in [2.45, 2.75) is 6.04 Å². The Morgan fingerprint density at radius 1 is 0.708 bits per heavy atom. The number of nitrogens with zero attached hydrogens (tertiary/aromatic N) is 1. The number of rotatable bonds is 4. The van der Waals surface area contributed by atoms with Gasteiger partial charge >= 0.3 is 0 Å². The van der Waals surface area contributed by atoms with Crippen molar-refractivity contribution >= 4 is 27.6 Å². The molecule has 1 heterocycles. The van der Waals surface area contributed by atoms with Crippen LogP contribution >= 0.6 is 11.3 Å². The van der Waals surface area contributed by atoms with Gasteiger partial charge in [0.05, 0.1) is 6.04 Å². The lowest BCUT2D eigenvalue weighted by molar-refractivity contribution is 0.879. The Morgan fingerprint density at radius 2 is 1.29 bits per heavy atom. The molecule has 0 fully saturated rings. The van der Waals surface area contributed by atoms with E-state index in [2.05, 4.69) is 78.9 Å². The predicted octanol–water partition coefficient (Wildman–Crippen LogP) is 6.11. The van der Waals surface area contributed by atoms with E-state index < -0.39 is 0 Å². The highest BCUT2D eigenvalue weighted by molar-refractivity contribution is 7.20. The first-order valence-electron chi connectivity index (χ1n) is 8.02. The molecule has 4 aromatic rings. The highest BCUT2D eigenvalue weighted by Gasteiger charge is 2.11. The van der Waals surface area contributed by atoms with Crippen LogP contribution in [0.15, 0.2) is 96.0 Å². The fourth-order valence-electron chi connectivity index (χ4n) is 2.85. The van der Waals surface area contributed by atoms with Gasteiger partial charge in [-0.25, -0.2) is 0 Å². The average Bonchev–Trinajstić information content (AvgIpc) is 3.07. The molecule has 1 aromatic heterocycles. The number of thiophene rings is 1. The zero-order chi connectivity index (χ0) is 16.2. The first kappa shape index (κ1) is 14.9. The summed E-state index contributed by atoms with van der Waals surface area (Å²) in [5.41, 5.74) is 2.42. The Hall–Kier alpha value is -2.71. The molecule has 4 rings (SSSR count). The summed E-state index contributed by atoms with van der Waals surface area (Å²) in [6, 6.07) is 31.6. The van der Waals surface area contributed by atoms with Gasteiger partial charge < -0.3 is 0 Å². The third-order valence-corrected chi connectivity index (χ3v) is 5.08. The Kier molecular flexibility index (Phi) is 4.22. The van der Waals surface area contributed by atoms with Crippen LogP contribution in [0.5, 0.6) is 0 Å². The van der Waals surface area contributed by atoms with E-state index in [0.717, 1.165) is 0 Å². The van der Waals surface area contributed by atoms with Crippen LogP contribution in [0.25, 0.3) is 10.1 Å². The molecule has 0 aliphatic heterocycles. The van der Waals surface area contributed by atoms with E-state index in [1.165, 1.54) is 26.1 Å². The molecular formula is C22H17NS. The van der Waals surface area contributed by atoms with Gasteiger partial charge in [0.25, 0.3) is 0 Å². The van der Waals surface area contributed by atoms with Gasteiger partial charge in [0, 0.05) is 15.8 Å². The normalized spacial score (nSPS) is 11.5. The summed E-state index contributed by atoms with van der Waals surface area (Å²) in [7, 11) is 0. The standard InChI is InChI=1S/C22H17NS/c1-3-9-17(10-4-1)22(18-11-5-2-6-12-18)23-16-20-15-19-13-7-8-14-21(19)24-20/h1-16,22H. The van der Waals surface area contributed by atoms with Crippen molar-refractivity contribution < 1.29 is 0 Å². The minimum absolute atomic E-state index is 0.0256. The highest BCUT2D eigenvalue weighted by atomic mass is 32.1. The van der Waals surface area contributed by atoms with E-state index in [4.69, 9.17) is 4.99 Å². The molecule has 0 bridgehead atoms. The molecule has 0 unspecified atom stereocenters. The molecule has 0 saturated carbocycles. The van der Waals surface area contributed by atoms with Crippen LogP contribution in [-0.4, -0.2) is 6.21 Å². The molecule has 116 valence electrons. The van der Waals surface area contributed by atoms with E-state index in [-0.39, 0.29) is 6.04 Å². The lowest BCUT2D eigenvalue weighted by Crippen LogP contribution is -1.98. The summed E-state index contributed by atoms with van der Waals surface area (Å²) in [5, 5.41) is 1.28. The molecule has 3 aromatic carbocycles. The van der Waals surface area contributed by atoms with Crippen LogP contribution in [0.2, 0.25) is 0 Å². The van der Waals surface area contributed by atoms with E-state index in [1.54, 1.807) is 11.3 Å². The zero-order valence-corrected chi connectivity index (χ0v) is 14.0. The Bertz CT molecular complexity index is 882. The number of benzene rings is 3. The van der Waals surface area contributed by atoms with Gasteiger partial charge in [-0.05, 0) is 28.6 Å². The van der Waals surface area contributed by atoms with Crippen LogP contribution in [-0.2, 0) is 0 Å². The van der Waals surface area contributed by atoms with Gasteiger partial charge in [0.1, 0.15) is 0 Å². The fraction of sp³-hybridized carbons (Fsp3) is 0.0455. The Morgan fingerprint density at radius 3 is 1.92 bits per heavy atom. The van der Waals surface area contributed by atoms with Gasteiger partial charge in [-0.2, -0.15) is 0 Å². The van der Waals surface area contributed by atoms with Crippen LogP contribution in [0.3, 0.4) is 0 Å². The number of fused-ring (bicyclic) bond motifs is 1. The quantitative estimate of drug-likeness (QED) is 0.401. The molecule has 1 nitrogen and oxygen atoms in total. The SMILES string of the molecule is C(=NC(c1ccccc1)c1ccccc1)c1cc2ccccc2s1. The van der Waals surface area contributed by atoms with Crippen molar-refractivity contribution in [2.24, 2.45) is 4.99 Å². The van der Waals surface area contributed by atoms with E-state index in [1.807, 2.05) is 18.3 Å². The molecule has 24 heavy (non-hydrogen) atoms. The maximum Gasteiger partial charge on any atom is 0.1000 e. The largest absolute Gasteiger partial charge is 0.279 e. The smallest absolute Gasteiger partial charge is 0.1000 e. The second-order valence-electron chi connectivity index (χ2n) is 5.69. The third-order valence-electron chi connectivity index (χ3n) is 4.03. The van der Waals surface area contributed by atoms with Crippen LogP contribution < -0.4 is 0 Å². The van der Waals surface area contributed by atoms with Crippen molar-refractivity contribution in [2.75, 3.05) is 0 Å². The van der Waals surface area contributed by atoms with Crippen LogP contribution in [0, 0.1) is 0 Å². The van der Waals surface area contributed by atoms with E-state index >= 15 is 0 Å². The van der Waals surface area contributed by atoms with Crippen molar-refractivity contribution in [1.29, 1.82) is 0 Å². The van der Waals surface area contributed by atoms with E-state index in [9.17, 15) is 0 Å². The maximum atomic E-state index is 4.92. The highest BCUT2D eigenvalue weighted by Crippen LogP contribution is 2.28. The van der Waals surface area contributed by atoms with Gasteiger partial charge in [-0.3, -0.25) is 4.99 Å². The summed E-state index contributed by atoms with van der Waals surface area (Å²) < 4.78 is 1.30. The van der Waals surface area contributed by atoms with Crippen LogP contribution in [0.4, 0.5) is 0 Å². The van der Waals surface area contributed by atoms with Gasteiger partial charge in [-0.1, -0.05) is 78.9 Å². The first-order chi connectivity index (χ1) is 11.9. The van der Waals surface area contributed by atoms with Crippen LogP contribution in [0.1, 0.15) is 22.0 Å². The molecule has 0 aliphatic rings. The van der Waals surface area contributed by atoms with Crippen molar-refractivity contribution in [1.82, 2.24) is 0 Å². The third kappa shape index (κ3) is 3.15. The predicted molar refractivity (Wildman–Crippen MR) is 104 cm³/mol. The minimum atomic E-state index is 0.0256. The average molecular weight is 327 g/mol. The summed E-state index contributed by atoms with van der Waals surface area (Å²) in [4.78, 5) is 6.10. The van der Waals surface area contributed by atoms with Gasteiger partial charge in [0.2, 0.25) is 0 Å². The Balaban J connectivity index is 1.71. The van der Waals surface area contributed by atoms with Crippen molar-refractivity contribution in [3.8, 4) is 0 Å². The maximum absolute atomic E-state index is 4.92.